The summed E-state index contributed by atoms with van der Waals surface area (Å²) in [5, 5.41) is 8.23. The van der Waals surface area contributed by atoms with Crippen LogP contribution < -0.4 is 0 Å². The van der Waals surface area contributed by atoms with E-state index >= 15 is 0 Å². The maximum atomic E-state index is 2.25. The zero-order valence-corrected chi connectivity index (χ0v) is 10.7. The molecule has 0 saturated heterocycles. The summed E-state index contributed by atoms with van der Waals surface area (Å²) >= 11 is 0. The minimum atomic E-state index is 0. The van der Waals surface area contributed by atoms with Crippen molar-refractivity contribution in [3.05, 3.63) is 67.6 Å². The third kappa shape index (κ3) is 1.26. The molecule has 0 aliphatic carbocycles. The van der Waals surface area contributed by atoms with E-state index in [4.69, 9.17) is 0 Å². The first-order chi connectivity index (χ1) is 8.34. The molecule has 4 aromatic rings. The molecule has 0 amide bonds. The average Bonchev–Trinajstić information content (AvgIpc) is 2.38. The summed E-state index contributed by atoms with van der Waals surface area (Å²) in [7, 11) is 0. The van der Waals surface area contributed by atoms with Crippen molar-refractivity contribution < 1.29 is 0 Å². The Morgan fingerprint density at radius 1 is 0.611 bits per heavy atom. The maximum absolute atomic E-state index is 2.25. The van der Waals surface area contributed by atoms with E-state index in [-0.39, 0.29) is 7.43 Å². The van der Waals surface area contributed by atoms with E-state index in [9.17, 15) is 0 Å². The van der Waals surface area contributed by atoms with Crippen molar-refractivity contribution in [3.8, 4) is 0 Å². The summed E-state index contributed by atoms with van der Waals surface area (Å²) in [4.78, 5) is 0. The maximum Gasteiger partial charge on any atom is -0.00241 e. The smallest absolute Gasteiger partial charge is 0.00241 e. The fourth-order valence-electron chi connectivity index (χ4n) is 2.88. The summed E-state index contributed by atoms with van der Waals surface area (Å²) in [6.07, 6.45) is 0. The lowest BCUT2D eigenvalue weighted by molar-refractivity contribution is 1.55. The van der Waals surface area contributed by atoms with Crippen LogP contribution in [0.4, 0.5) is 0 Å². The lowest BCUT2D eigenvalue weighted by Gasteiger charge is -2.11. The van der Waals surface area contributed by atoms with E-state index in [0.717, 1.165) is 0 Å². The molecular weight excluding hydrogens is 216 g/mol. The SMILES string of the molecule is Cc1ccc2ccc3cccc4ccc1c2c34.[CH3-]. The minimum Gasteiger partial charge on any atom is -0.358 e. The van der Waals surface area contributed by atoms with Gasteiger partial charge in [0.25, 0.3) is 0 Å². The van der Waals surface area contributed by atoms with Crippen LogP contribution in [0.2, 0.25) is 0 Å². The number of hydrogen-bond donors (Lipinski definition) is 0. The van der Waals surface area contributed by atoms with Crippen LogP contribution in [0.25, 0.3) is 32.3 Å². The molecule has 4 rings (SSSR count). The second-order valence-corrected chi connectivity index (χ2v) is 4.74. The van der Waals surface area contributed by atoms with Gasteiger partial charge >= 0.3 is 0 Å². The first-order valence-electron chi connectivity index (χ1n) is 5.98. The summed E-state index contributed by atoms with van der Waals surface area (Å²) in [6, 6.07) is 19.9. The lowest BCUT2D eigenvalue weighted by atomic mass is 9.92. The molecular formula is C18H15-. The average molecular weight is 231 g/mol. The molecule has 0 bridgehead atoms. The van der Waals surface area contributed by atoms with Crippen LogP contribution in [0.1, 0.15) is 5.56 Å². The molecule has 0 atom stereocenters. The van der Waals surface area contributed by atoms with Crippen molar-refractivity contribution in [3.63, 3.8) is 0 Å². The first kappa shape index (κ1) is 11.0. The molecule has 0 aliphatic rings. The van der Waals surface area contributed by atoms with Crippen molar-refractivity contribution in [1.29, 1.82) is 0 Å². The van der Waals surface area contributed by atoms with Crippen LogP contribution in [-0.2, 0) is 0 Å². The van der Waals surface area contributed by atoms with Gasteiger partial charge in [-0.15, -0.1) is 0 Å². The normalized spacial score (nSPS) is 11.2. The van der Waals surface area contributed by atoms with Gasteiger partial charge in [0, 0.05) is 0 Å². The van der Waals surface area contributed by atoms with Crippen LogP contribution in [0, 0.1) is 14.4 Å². The van der Waals surface area contributed by atoms with Crippen molar-refractivity contribution in [2.75, 3.05) is 0 Å². The van der Waals surface area contributed by atoms with Crippen molar-refractivity contribution >= 4 is 32.3 Å². The highest BCUT2D eigenvalue weighted by atomic mass is 14.1. The molecule has 0 saturated carbocycles. The second kappa shape index (κ2) is 3.71. The molecule has 0 spiro atoms. The Labute approximate surface area is 107 Å². The monoisotopic (exact) mass is 231 g/mol. The molecule has 0 nitrogen and oxygen atoms in total. The minimum absolute atomic E-state index is 0. The van der Waals surface area contributed by atoms with E-state index in [2.05, 4.69) is 61.5 Å². The van der Waals surface area contributed by atoms with Crippen LogP contribution >= 0.6 is 0 Å². The fraction of sp³-hybridized carbons (Fsp3) is 0.0556. The standard InChI is InChI=1S/C17H12.CH3/c1-11-5-6-14-8-7-12-3-2-4-13-9-10-15(11)17(14)16(12)13;/h2-10H,1H3;1H3/q;-1. The Morgan fingerprint density at radius 2 is 1.17 bits per heavy atom. The Balaban J connectivity index is 0.000001000. The zero-order valence-electron chi connectivity index (χ0n) is 10.7. The third-order valence-corrected chi connectivity index (χ3v) is 3.75. The van der Waals surface area contributed by atoms with Crippen molar-refractivity contribution in [2.45, 2.75) is 6.92 Å². The molecule has 4 aromatic carbocycles. The van der Waals surface area contributed by atoms with Gasteiger partial charge in [0.2, 0.25) is 0 Å². The van der Waals surface area contributed by atoms with E-state index in [1.807, 2.05) is 0 Å². The molecule has 0 unspecified atom stereocenters. The molecule has 0 aromatic heterocycles. The Hall–Kier alpha value is -2.08. The lowest BCUT2D eigenvalue weighted by Crippen LogP contribution is -1.85. The number of benzene rings is 4. The Morgan fingerprint density at radius 3 is 1.89 bits per heavy atom. The van der Waals surface area contributed by atoms with Crippen LogP contribution in [0.3, 0.4) is 0 Å². The van der Waals surface area contributed by atoms with E-state index in [1.165, 1.54) is 37.9 Å². The van der Waals surface area contributed by atoms with Gasteiger partial charge in [-0.05, 0) is 44.8 Å². The molecule has 0 heteroatoms. The van der Waals surface area contributed by atoms with Gasteiger partial charge in [0.1, 0.15) is 0 Å². The molecule has 0 radical (unpaired) electrons. The predicted molar refractivity (Wildman–Crippen MR) is 81.3 cm³/mol. The molecule has 0 fully saturated rings. The van der Waals surface area contributed by atoms with Gasteiger partial charge in [-0.2, -0.15) is 0 Å². The molecule has 0 aliphatic heterocycles. The zero-order chi connectivity index (χ0) is 11.4. The van der Waals surface area contributed by atoms with Gasteiger partial charge in [0.15, 0.2) is 0 Å². The molecule has 18 heavy (non-hydrogen) atoms. The van der Waals surface area contributed by atoms with Crippen LogP contribution in [0.15, 0.2) is 54.6 Å². The Bertz CT molecular complexity index is 824. The van der Waals surface area contributed by atoms with Gasteiger partial charge < -0.3 is 7.43 Å². The highest BCUT2D eigenvalue weighted by Crippen LogP contribution is 2.35. The summed E-state index contributed by atoms with van der Waals surface area (Å²) in [5.41, 5.74) is 1.36. The largest absolute Gasteiger partial charge is 0.358 e. The highest BCUT2D eigenvalue weighted by Gasteiger charge is 2.08. The topological polar surface area (TPSA) is 0 Å². The fourth-order valence-corrected chi connectivity index (χ4v) is 2.88. The van der Waals surface area contributed by atoms with Gasteiger partial charge in [-0.1, -0.05) is 54.6 Å². The number of aryl methyl sites for hydroxylation is 1. The predicted octanol–water partition coefficient (Wildman–Crippen LogP) is 5.34. The Kier molecular flexibility index (Phi) is 2.27. The summed E-state index contributed by atoms with van der Waals surface area (Å²) < 4.78 is 0. The molecule has 88 valence electrons. The highest BCUT2D eigenvalue weighted by molar-refractivity contribution is 6.23. The van der Waals surface area contributed by atoms with Crippen LogP contribution in [-0.4, -0.2) is 0 Å². The van der Waals surface area contributed by atoms with E-state index < -0.39 is 0 Å². The van der Waals surface area contributed by atoms with Gasteiger partial charge in [-0.3, -0.25) is 0 Å². The van der Waals surface area contributed by atoms with E-state index in [0.29, 0.717) is 0 Å². The van der Waals surface area contributed by atoms with Gasteiger partial charge in [-0.25, -0.2) is 0 Å². The summed E-state index contributed by atoms with van der Waals surface area (Å²) in [6.45, 7) is 2.19. The van der Waals surface area contributed by atoms with Crippen molar-refractivity contribution in [2.24, 2.45) is 0 Å². The van der Waals surface area contributed by atoms with Gasteiger partial charge in [0.05, 0.1) is 0 Å². The number of hydrogen-bond acceptors (Lipinski definition) is 0. The first-order valence-corrected chi connectivity index (χ1v) is 5.98. The quantitative estimate of drug-likeness (QED) is 0.283. The second-order valence-electron chi connectivity index (χ2n) is 4.74. The van der Waals surface area contributed by atoms with Crippen LogP contribution in [0.5, 0.6) is 0 Å². The molecule has 0 N–H and O–H groups in total. The summed E-state index contributed by atoms with van der Waals surface area (Å²) in [5.74, 6) is 0. The third-order valence-electron chi connectivity index (χ3n) is 3.75. The van der Waals surface area contributed by atoms with Crippen molar-refractivity contribution in [1.82, 2.24) is 0 Å². The number of rotatable bonds is 0. The molecule has 0 heterocycles. The van der Waals surface area contributed by atoms with E-state index in [1.54, 1.807) is 0 Å².